The van der Waals surface area contributed by atoms with Crippen LogP contribution < -0.4 is 5.32 Å². The molecule has 6 heteroatoms. The van der Waals surface area contributed by atoms with Gasteiger partial charge in [-0.15, -0.1) is 0 Å². The van der Waals surface area contributed by atoms with Gasteiger partial charge in [0.2, 0.25) is 0 Å². The van der Waals surface area contributed by atoms with Crippen LogP contribution in [0.25, 0.3) is 11.1 Å². The predicted molar refractivity (Wildman–Crippen MR) is 102 cm³/mol. The number of non-ortho nitro benzene ring substituents is 1. The van der Waals surface area contributed by atoms with Gasteiger partial charge in [0.15, 0.2) is 0 Å². The van der Waals surface area contributed by atoms with Gasteiger partial charge in [0.25, 0.3) is 5.69 Å². The fourth-order valence-electron chi connectivity index (χ4n) is 3.42. The van der Waals surface area contributed by atoms with Crippen molar-refractivity contribution in [2.75, 3.05) is 11.9 Å². The molecule has 3 aromatic carbocycles. The van der Waals surface area contributed by atoms with E-state index in [0.717, 1.165) is 22.3 Å². The maximum atomic E-state index is 12.1. The van der Waals surface area contributed by atoms with Crippen LogP contribution in [0.15, 0.2) is 72.8 Å². The van der Waals surface area contributed by atoms with Crippen molar-refractivity contribution < 1.29 is 14.5 Å². The number of anilines is 1. The Morgan fingerprint density at radius 2 is 1.48 bits per heavy atom. The molecule has 6 nitrogen and oxygen atoms in total. The molecule has 0 saturated carbocycles. The number of carbonyl (C=O) groups excluding carboxylic acids is 1. The number of nitrogens with one attached hydrogen (secondary N) is 1. The lowest BCUT2D eigenvalue weighted by Crippen LogP contribution is -2.17. The molecule has 0 aromatic heterocycles. The van der Waals surface area contributed by atoms with E-state index in [1.54, 1.807) is 0 Å². The summed E-state index contributed by atoms with van der Waals surface area (Å²) in [5, 5.41) is 13.3. The van der Waals surface area contributed by atoms with E-state index in [2.05, 4.69) is 29.6 Å². The minimum absolute atomic E-state index is 0.0139. The highest BCUT2D eigenvalue weighted by Gasteiger charge is 2.28. The van der Waals surface area contributed by atoms with Gasteiger partial charge >= 0.3 is 6.09 Å². The van der Waals surface area contributed by atoms with Crippen LogP contribution in [0.5, 0.6) is 0 Å². The Hall–Kier alpha value is -3.67. The highest BCUT2D eigenvalue weighted by molar-refractivity contribution is 5.85. The number of nitro benzene ring substituents is 1. The van der Waals surface area contributed by atoms with Crippen molar-refractivity contribution in [2.24, 2.45) is 0 Å². The Morgan fingerprint density at radius 1 is 0.926 bits per heavy atom. The molecule has 1 aliphatic rings. The third-order valence-electron chi connectivity index (χ3n) is 4.67. The first kappa shape index (κ1) is 16.8. The SMILES string of the molecule is O=C(Nc1ccc([N+](=O)[O-])cc1)OCC1c2ccccc2-c2ccccc21. The molecule has 1 amide bonds. The maximum Gasteiger partial charge on any atom is 0.411 e. The first-order valence-electron chi connectivity index (χ1n) is 8.50. The summed E-state index contributed by atoms with van der Waals surface area (Å²) in [7, 11) is 0. The van der Waals surface area contributed by atoms with E-state index in [-0.39, 0.29) is 18.2 Å². The molecule has 1 aliphatic carbocycles. The number of hydrogen-bond acceptors (Lipinski definition) is 4. The van der Waals surface area contributed by atoms with Crippen LogP contribution in [-0.4, -0.2) is 17.6 Å². The zero-order chi connectivity index (χ0) is 18.8. The first-order chi connectivity index (χ1) is 13.1. The summed E-state index contributed by atoms with van der Waals surface area (Å²) in [5.74, 6) is -0.0139. The molecule has 0 bridgehead atoms. The average molecular weight is 360 g/mol. The predicted octanol–water partition coefficient (Wildman–Crippen LogP) is 4.96. The number of fused-ring (bicyclic) bond motifs is 3. The number of carbonyl (C=O) groups is 1. The summed E-state index contributed by atoms with van der Waals surface area (Å²) in [5.41, 5.74) is 5.02. The molecule has 4 rings (SSSR count). The molecule has 1 N–H and O–H groups in total. The van der Waals surface area contributed by atoms with E-state index < -0.39 is 11.0 Å². The molecule has 0 radical (unpaired) electrons. The maximum absolute atomic E-state index is 12.1. The van der Waals surface area contributed by atoms with Crippen molar-refractivity contribution in [3.05, 3.63) is 94.0 Å². The van der Waals surface area contributed by atoms with Gasteiger partial charge < -0.3 is 4.74 Å². The van der Waals surface area contributed by atoms with Crippen molar-refractivity contribution in [3.63, 3.8) is 0 Å². The van der Waals surface area contributed by atoms with E-state index in [4.69, 9.17) is 4.74 Å². The molecule has 0 fully saturated rings. The highest BCUT2D eigenvalue weighted by Crippen LogP contribution is 2.44. The fourth-order valence-corrected chi connectivity index (χ4v) is 3.42. The van der Waals surface area contributed by atoms with Gasteiger partial charge in [-0.3, -0.25) is 15.4 Å². The molecule has 0 aliphatic heterocycles. The second kappa shape index (κ2) is 6.92. The third kappa shape index (κ3) is 3.25. The van der Waals surface area contributed by atoms with Gasteiger partial charge in [-0.2, -0.15) is 0 Å². The van der Waals surface area contributed by atoms with Crippen LogP contribution in [0.4, 0.5) is 16.2 Å². The Kier molecular flexibility index (Phi) is 4.30. The number of ether oxygens (including phenoxy) is 1. The van der Waals surface area contributed by atoms with E-state index in [9.17, 15) is 14.9 Å². The van der Waals surface area contributed by atoms with E-state index >= 15 is 0 Å². The molecule has 3 aromatic rings. The molecule has 0 atom stereocenters. The summed E-state index contributed by atoms with van der Waals surface area (Å²) >= 11 is 0. The smallest absolute Gasteiger partial charge is 0.411 e. The zero-order valence-corrected chi connectivity index (χ0v) is 14.3. The van der Waals surface area contributed by atoms with Gasteiger partial charge in [0.05, 0.1) is 4.92 Å². The number of nitrogens with zero attached hydrogens (tertiary/aromatic N) is 1. The minimum atomic E-state index is -0.592. The molecule has 0 saturated heterocycles. The molecule has 0 heterocycles. The number of rotatable bonds is 4. The fraction of sp³-hybridized carbons (Fsp3) is 0.0952. The molecule has 27 heavy (non-hydrogen) atoms. The lowest BCUT2D eigenvalue weighted by molar-refractivity contribution is -0.384. The summed E-state index contributed by atoms with van der Waals surface area (Å²) in [6, 6.07) is 21.8. The van der Waals surface area contributed by atoms with E-state index in [1.807, 2.05) is 24.3 Å². The Labute approximate surface area is 155 Å². The van der Waals surface area contributed by atoms with Crippen LogP contribution in [0.1, 0.15) is 17.0 Å². The summed E-state index contributed by atoms with van der Waals surface area (Å²) < 4.78 is 5.44. The highest BCUT2D eigenvalue weighted by atomic mass is 16.6. The van der Waals surface area contributed by atoms with Crippen molar-refractivity contribution in [1.29, 1.82) is 0 Å². The largest absolute Gasteiger partial charge is 0.448 e. The topological polar surface area (TPSA) is 81.5 Å². The zero-order valence-electron chi connectivity index (χ0n) is 14.3. The Bertz CT molecular complexity index is 969. The summed E-state index contributed by atoms with van der Waals surface area (Å²) in [6.45, 7) is 0.215. The van der Waals surface area contributed by atoms with Crippen LogP contribution in [0, 0.1) is 10.1 Å². The molecule has 0 spiro atoms. The Balaban J connectivity index is 1.45. The molecular formula is C21H16N2O4. The van der Waals surface area contributed by atoms with Crippen LogP contribution in [-0.2, 0) is 4.74 Å². The second-order valence-corrected chi connectivity index (χ2v) is 6.25. The van der Waals surface area contributed by atoms with Gasteiger partial charge in [-0.25, -0.2) is 4.79 Å². The van der Waals surface area contributed by atoms with Crippen molar-refractivity contribution in [2.45, 2.75) is 5.92 Å². The quantitative estimate of drug-likeness (QED) is 0.527. The van der Waals surface area contributed by atoms with E-state index in [0.29, 0.717) is 5.69 Å². The minimum Gasteiger partial charge on any atom is -0.448 e. The molecular weight excluding hydrogens is 344 g/mol. The Morgan fingerprint density at radius 3 is 2.04 bits per heavy atom. The van der Waals surface area contributed by atoms with Crippen molar-refractivity contribution in [1.82, 2.24) is 0 Å². The van der Waals surface area contributed by atoms with Gasteiger partial charge in [-0.1, -0.05) is 48.5 Å². The van der Waals surface area contributed by atoms with Crippen LogP contribution in [0.2, 0.25) is 0 Å². The molecule has 0 unspecified atom stereocenters. The third-order valence-corrected chi connectivity index (χ3v) is 4.67. The standard InChI is InChI=1S/C21H16N2O4/c24-21(22-14-9-11-15(12-10-14)23(25)26)27-13-20-18-7-3-1-5-16(18)17-6-2-4-8-19(17)20/h1-12,20H,13H2,(H,22,24). The van der Waals surface area contributed by atoms with Crippen molar-refractivity contribution in [3.8, 4) is 11.1 Å². The van der Waals surface area contributed by atoms with Gasteiger partial charge in [-0.05, 0) is 34.4 Å². The van der Waals surface area contributed by atoms with Gasteiger partial charge in [0.1, 0.15) is 6.61 Å². The lowest BCUT2D eigenvalue weighted by atomic mass is 9.98. The average Bonchev–Trinajstić information content (AvgIpc) is 3.01. The summed E-state index contributed by atoms with van der Waals surface area (Å²) in [4.78, 5) is 22.3. The first-order valence-corrected chi connectivity index (χ1v) is 8.50. The van der Waals surface area contributed by atoms with Crippen LogP contribution >= 0.6 is 0 Å². The number of hydrogen-bond donors (Lipinski definition) is 1. The lowest BCUT2D eigenvalue weighted by Gasteiger charge is -2.14. The normalized spacial score (nSPS) is 12.1. The monoisotopic (exact) mass is 360 g/mol. The second-order valence-electron chi connectivity index (χ2n) is 6.25. The number of nitro groups is 1. The van der Waals surface area contributed by atoms with Crippen molar-refractivity contribution >= 4 is 17.5 Å². The molecule has 134 valence electrons. The van der Waals surface area contributed by atoms with Gasteiger partial charge in [0, 0.05) is 23.7 Å². The summed E-state index contributed by atoms with van der Waals surface area (Å²) in [6.07, 6.45) is -0.592. The van der Waals surface area contributed by atoms with Crippen LogP contribution in [0.3, 0.4) is 0 Å². The van der Waals surface area contributed by atoms with E-state index in [1.165, 1.54) is 24.3 Å². The number of benzene rings is 3. The number of amides is 1.